The van der Waals surface area contributed by atoms with Crippen LogP contribution in [0.1, 0.15) is 27.4 Å². The predicted molar refractivity (Wildman–Crippen MR) is 64.6 cm³/mol. The molecule has 1 aromatic carbocycles. The average Bonchev–Trinajstić information content (AvgIpc) is 2.75. The van der Waals surface area contributed by atoms with Gasteiger partial charge in [-0.1, -0.05) is 0 Å². The lowest BCUT2D eigenvalue weighted by Crippen LogP contribution is -2.02. The van der Waals surface area contributed by atoms with Crippen LogP contribution in [-0.2, 0) is 0 Å². The van der Waals surface area contributed by atoms with Gasteiger partial charge in [0.2, 0.25) is 5.78 Å². The summed E-state index contributed by atoms with van der Waals surface area (Å²) in [7, 11) is 1.60. The summed E-state index contributed by atoms with van der Waals surface area (Å²) in [5, 5.41) is 0. The summed E-state index contributed by atoms with van der Waals surface area (Å²) >= 11 is 0. The number of benzene rings is 1. The highest BCUT2D eigenvalue weighted by molar-refractivity contribution is 6.08. The lowest BCUT2D eigenvalue weighted by atomic mass is 10.0. The first kappa shape index (κ1) is 11.5. The van der Waals surface area contributed by atoms with E-state index in [1.807, 2.05) is 19.9 Å². The number of hydrogen-bond acceptors (Lipinski definition) is 3. The first-order chi connectivity index (χ1) is 8.11. The molecule has 0 spiro atoms. The standard InChI is InChI=1S/C14H14O3/c1-9-8-11(16-3)5-6-12(9)14(15)13-7-4-10(2)17-13/h4-8H,1-3H3. The summed E-state index contributed by atoms with van der Waals surface area (Å²) in [6, 6.07) is 8.85. The van der Waals surface area contributed by atoms with E-state index in [0.29, 0.717) is 11.3 Å². The average molecular weight is 230 g/mol. The number of carbonyl (C=O) groups excluding carboxylic acids is 1. The molecule has 0 atom stereocenters. The Hall–Kier alpha value is -2.03. The van der Waals surface area contributed by atoms with E-state index in [4.69, 9.17) is 9.15 Å². The second-order valence-corrected chi connectivity index (χ2v) is 3.92. The van der Waals surface area contributed by atoms with Crippen molar-refractivity contribution in [2.24, 2.45) is 0 Å². The van der Waals surface area contributed by atoms with Gasteiger partial charge in [0.25, 0.3) is 0 Å². The lowest BCUT2D eigenvalue weighted by molar-refractivity contribution is 0.101. The number of hydrogen-bond donors (Lipinski definition) is 0. The largest absolute Gasteiger partial charge is 0.497 e. The van der Waals surface area contributed by atoms with Crippen LogP contribution >= 0.6 is 0 Å². The van der Waals surface area contributed by atoms with Crippen LogP contribution < -0.4 is 4.74 Å². The van der Waals surface area contributed by atoms with Crippen LogP contribution in [0, 0.1) is 13.8 Å². The van der Waals surface area contributed by atoms with Gasteiger partial charge >= 0.3 is 0 Å². The summed E-state index contributed by atoms with van der Waals surface area (Å²) in [5.41, 5.74) is 1.52. The molecule has 0 N–H and O–H groups in total. The van der Waals surface area contributed by atoms with Gasteiger partial charge in [-0.2, -0.15) is 0 Å². The van der Waals surface area contributed by atoms with E-state index in [-0.39, 0.29) is 5.78 Å². The Bertz CT molecular complexity index is 552. The number of carbonyl (C=O) groups is 1. The highest BCUT2D eigenvalue weighted by Gasteiger charge is 2.15. The van der Waals surface area contributed by atoms with Crippen molar-refractivity contribution in [3.8, 4) is 5.75 Å². The van der Waals surface area contributed by atoms with E-state index in [9.17, 15) is 4.79 Å². The van der Waals surface area contributed by atoms with Gasteiger partial charge in [-0.05, 0) is 49.7 Å². The maximum atomic E-state index is 12.1. The van der Waals surface area contributed by atoms with Gasteiger partial charge in [0.1, 0.15) is 11.5 Å². The van der Waals surface area contributed by atoms with Gasteiger partial charge in [-0.3, -0.25) is 4.79 Å². The van der Waals surface area contributed by atoms with Crippen molar-refractivity contribution >= 4 is 5.78 Å². The summed E-state index contributed by atoms with van der Waals surface area (Å²) in [6.45, 7) is 3.70. The quantitative estimate of drug-likeness (QED) is 0.760. The summed E-state index contributed by atoms with van der Waals surface area (Å²) in [4.78, 5) is 12.1. The van der Waals surface area contributed by atoms with Gasteiger partial charge in [0.15, 0.2) is 5.76 Å². The molecule has 1 heterocycles. The van der Waals surface area contributed by atoms with Crippen molar-refractivity contribution in [3.05, 3.63) is 53.0 Å². The van der Waals surface area contributed by atoms with Crippen LogP contribution in [0.3, 0.4) is 0 Å². The molecule has 0 aliphatic carbocycles. The van der Waals surface area contributed by atoms with Crippen LogP contribution in [0.15, 0.2) is 34.7 Å². The third-order valence-corrected chi connectivity index (χ3v) is 2.64. The summed E-state index contributed by atoms with van der Waals surface area (Å²) in [5.74, 6) is 1.75. The highest BCUT2D eigenvalue weighted by Crippen LogP contribution is 2.20. The zero-order chi connectivity index (χ0) is 12.4. The molecule has 2 rings (SSSR count). The van der Waals surface area contributed by atoms with E-state index < -0.39 is 0 Å². The van der Waals surface area contributed by atoms with E-state index in [1.165, 1.54) is 0 Å². The lowest BCUT2D eigenvalue weighted by Gasteiger charge is -2.05. The van der Waals surface area contributed by atoms with Crippen LogP contribution in [0.2, 0.25) is 0 Å². The topological polar surface area (TPSA) is 39.4 Å². The van der Waals surface area contributed by atoms with Crippen molar-refractivity contribution in [2.75, 3.05) is 7.11 Å². The molecule has 0 bridgehead atoms. The van der Waals surface area contributed by atoms with Crippen molar-refractivity contribution < 1.29 is 13.9 Å². The number of ketones is 1. The van der Waals surface area contributed by atoms with Gasteiger partial charge in [-0.15, -0.1) is 0 Å². The van der Waals surface area contributed by atoms with Gasteiger partial charge < -0.3 is 9.15 Å². The minimum atomic E-state index is -0.0988. The third kappa shape index (κ3) is 2.23. The fourth-order valence-corrected chi connectivity index (χ4v) is 1.71. The molecule has 17 heavy (non-hydrogen) atoms. The second kappa shape index (κ2) is 4.45. The number of ether oxygens (including phenoxy) is 1. The Labute approximate surface area is 100 Å². The van der Waals surface area contributed by atoms with Crippen LogP contribution in [0.5, 0.6) is 5.75 Å². The molecule has 0 aliphatic rings. The monoisotopic (exact) mass is 230 g/mol. The van der Waals surface area contributed by atoms with Crippen molar-refractivity contribution in [2.45, 2.75) is 13.8 Å². The van der Waals surface area contributed by atoms with Gasteiger partial charge in [0, 0.05) is 5.56 Å². The van der Waals surface area contributed by atoms with Crippen molar-refractivity contribution in [3.63, 3.8) is 0 Å². The van der Waals surface area contributed by atoms with Gasteiger partial charge in [-0.25, -0.2) is 0 Å². The Morgan fingerprint density at radius 2 is 1.94 bits per heavy atom. The van der Waals surface area contributed by atoms with Crippen LogP contribution in [-0.4, -0.2) is 12.9 Å². The van der Waals surface area contributed by atoms with Crippen molar-refractivity contribution in [1.82, 2.24) is 0 Å². The minimum absolute atomic E-state index is 0.0988. The highest BCUT2D eigenvalue weighted by atomic mass is 16.5. The second-order valence-electron chi connectivity index (χ2n) is 3.92. The van der Waals surface area contributed by atoms with Crippen LogP contribution in [0.4, 0.5) is 0 Å². The zero-order valence-corrected chi connectivity index (χ0v) is 10.1. The normalized spacial score (nSPS) is 10.3. The molecule has 2 aromatic rings. The molecule has 0 aliphatic heterocycles. The molecule has 3 heteroatoms. The fourth-order valence-electron chi connectivity index (χ4n) is 1.71. The molecular weight excluding hydrogens is 216 g/mol. The predicted octanol–water partition coefficient (Wildman–Crippen LogP) is 3.14. The number of aryl methyl sites for hydroxylation is 2. The Balaban J connectivity index is 2.37. The maximum Gasteiger partial charge on any atom is 0.228 e. The first-order valence-corrected chi connectivity index (χ1v) is 5.37. The molecule has 0 fully saturated rings. The Morgan fingerprint density at radius 1 is 1.18 bits per heavy atom. The van der Waals surface area contributed by atoms with E-state index in [2.05, 4.69) is 0 Å². The van der Waals surface area contributed by atoms with E-state index in [1.54, 1.807) is 31.4 Å². The SMILES string of the molecule is COc1ccc(C(=O)c2ccc(C)o2)c(C)c1. The summed E-state index contributed by atoms with van der Waals surface area (Å²) < 4.78 is 10.4. The zero-order valence-electron chi connectivity index (χ0n) is 10.1. The van der Waals surface area contributed by atoms with Gasteiger partial charge in [0.05, 0.1) is 7.11 Å². The van der Waals surface area contributed by atoms with Crippen LogP contribution in [0.25, 0.3) is 0 Å². The summed E-state index contributed by atoms with van der Waals surface area (Å²) in [6.07, 6.45) is 0. The molecule has 0 radical (unpaired) electrons. The molecule has 0 saturated carbocycles. The fraction of sp³-hybridized carbons (Fsp3) is 0.214. The number of furan rings is 1. The molecule has 0 amide bonds. The minimum Gasteiger partial charge on any atom is -0.497 e. The smallest absolute Gasteiger partial charge is 0.228 e. The number of rotatable bonds is 3. The molecule has 0 unspecified atom stereocenters. The van der Waals surface area contributed by atoms with Crippen molar-refractivity contribution in [1.29, 1.82) is 0 Å². The molecule has 88 valence electrons. The maximum absolute atomic E-state index is 12.1. The first-order valence-electron chi connectivity index (χ1n) is 5.37. The van der Waals surface area contributed by atoms with E-state index >= 15 is 0 Å². The Kier molecular flexibility index (Phi) is 3.00. The molecular formula is C14H14O3. The molecule has 3 nitrogen and oxygen atoms in total. The van der Waals surface area contributed by atoms with E-state index in [0.717, 1.165) is 17.1 Å². The molecule has 0 saturated heterocycles. The number of methoxy groups -OCH3 is 1. The third-order valence-electron chi connectivity index (χ3n) is 2.64. The molecule has 1 aromatic heterocycles. The Morgan fingerprint density at radius 3 is 2.47 bits per heavy atom.